The Balaban J connectivity index is 1.42. The third-order valence-electron chi connectivity index (χ3n) is 4.75. The third kappa shape index (κ3) is 1.88. The molecule has 3 fully saturated rings. The molecule has 3 heteroatoms. The minimum atomic E-state index is 0.370. The zero-order chi connectivity index (χ0) is 12.0. The number of likely N-dealkylation sites (tertiary alicyclic amines) is 2. The van der Waals surface area contributed by atoms with Gasteiger partial charge in [-0.15, -0.1) is 0 Å². The van der Waals surface area contributed by atoms with Crippen molar-refractivity contribution >= 4 is 5.91 Å². The highest BCUT2D eigenvalue weighted by molar-refractivity contribution is 5.80. The molecule has 1 saturated carbocycles. The number of nitrogens with zero attached hydrogens (tertiary/aromatic N) is 2. The van der Waals surface area contributed by atoms with Gasteiger partial charge < -0.3 is 9.80 Å². The first-order valence-electron chi connectivity index (χ1n) is 7.13. The number of carbonyl (C=O) groups is 1. The Morgan fingerprint density at radius 1 is 1.24 bits per heavy atom. The molecule has 0 aromatic rings. The van der Waals surface area contributed by atoms with Crippen LogP contribution in [0.2, 0.25) is 0 Å². The van der Waals surface area contributed by atoms with Crippen molar-refractivity contribution in [2.45, 2.75) is 33.1 Å². The van der Waals surface area contributed by atoms with E-state index in [0.29, 0.717) is 17.2 Å². The van der Waals surface area contributed by atoms with Crippen LogP contribution in [0.15, 0.2) is 0 Å². The van der Waals surface area contributed by atoms with Gasteiger partial charge in [-0.3, -0.25) is 4.79 Å². The zero-order valence-electron chi connectivity index (χ0n) is 11.1. The van der Waals surface area contributed by atoms with Crippen LogP contribution in [0.1, 0.15) is 33.1 Å². The quantitative estimate of drug-likeness (QED) is 0.743. The minimum absolute atomic E-state index is 0.370. The van der Waals surface area contributed by atoms with E-state index in [0.717, 1.165) is 31.8 Å². The Morgan fingerprint density at radius 3 is 2.41 bits per heavy atom. The van der Waals surface area contributed by atoms with Crippen molar-refractivity contribution < 1.29 is 4.79 Å². The van der Waals surface area contributed by atoms with E-state index in [1.807, 2.05) is 0 Å². The van der Waals surface area contributed by atoms with Crippen LogP contribution in [-0.4, -0.2) is 48.4 Å². The molecule has 0 unspecified atom stereocenters. The van der Waals surface area contributed by atoms with E-state index in [-0.39, 0.29) is 0 Å². The summed E-state index contributed by atoms with van der Waals surface area (Å²) in [6.07, 6.45) is 3.51. The van der Waals surface area contributed by atoms with Gasteiger partial charge in [0.05, 0.1) is 0 Å². The van der Waals surface area contributed by atoms with Crippen LogP contribution in [-0.2, 0) is 4.79 Å². The van der Waals surface area contributed by atoms with Gasteiger partial charge >= 0.3 is 0 Å². The summed E-state index contributed by atoms with van der Waals surface area (Å²) in [6, 6.07) is 0. The molecule has 3 rings (SSSR count). The first kappa shape index (κ1) is 11.5. The number of carbonyl (C=O) groups excluding carboxylic acids is 1. The summed E-state index contributed by atoms with van der Waals surface area (Å²) >= 11 is 0. The van der Waals surface area contributed by atoms with Gasteiger partial charge in [0.1, 0.15) is 0 Å². The lowest BCUT2D eigenvalue weighted by Crippen LogP contribution is -2.73. The predicted molar refractivity (Wildman–Crippen MR) is 67.6 cm³/mol. The van der Waals surface area contributed by atoms with Crippen molar-refractivity contribution in [2.75, 3.05) is 32.7 Å². The molecule has 1 spiro atoms. The van der Waals surface area contributed by atoms with E-state index in [4.69, 9.17) is 0 Å². The van der Waals surface area contributed by atoms with E-state index in [9.17, 15) is 4.79 Å². The maximum Gasteiger partial charge on any atom is 0.225 e. The molecular weight excluding hydrogens is 212 g/mol. The van der Waals surface area contributed by atoms with E-state index >= 15 is 0 Å². The Bertz CT molecular complexity index is 308. The van der Waals surface area contributed by atoms with E-state index in [2.05, 4.69) is 23.6 Å². The first-order chi connectivity index (χ1) is 8.12. The molecule has 2 heterocycles. The van der Waals surface area contributed by atoms with E-state index < -0.39 is 0 Å². The van der Waals surface area contributed by atoms with Gasteiger partial charge in [-0.1, -0.05) is 13.8 Å². The second-order valence-corrected chi connectivity index (χ2v) is 6.68. The van der Waals surface area contributed by atoms with Gasteiger partial charge in [-0.25, -0.2) is 0 Å². The Kier molecular flexibility index (Phi) is 2.69. The molecule has 2 saturated heterocycles. The summed E-state index contributed by atoms with van der Waals surface area (Å²) in [7, 11) is 0. The van der Waals surface area contributed by atoms with Crippen molar-refractivity contribution in [3.8, 4) is 0 Å². The second kappa shape index (κ2) is 3.98. The summed E-state index contributed by atoms with van der Waals surface area (Å²) in [5.41, 5.74) is 0.500. The molecule has 0 atom stereocenters. The van der Waals surface area contributed by atoms with Crippen molar-refractivity contribution in [1.82, 2.24) is 9.80 Å². The fourth-order valence-corrected chi connectivity index (χ4v) is 3.86. The van der Waals surface area contributed by atoms with Gasteiger partial charge in [0.15, 0.2) is 0 Å². The standard InChI is InChI=1S/C14H24N2O/c1-3-4-15-7-14(8-15)9-16(10-14)13(17)12-5-11(2)6-12/h11-12H,3-10H2,1-2H3/t11-,12-. The molecule has 0 bridgehead atoms. The summed E-state index contributed by atoms with van der Waals surface area (Å²) in [4.78, 5) is 16.7. The molecule has 1 amide bonds. The fourth-order valence-electron chi connectivity index (χ4n) is 3.86. The monoisotopic (exact) mass is 236 g/mol. The molecule has 0 N–H and O–H groups in total. The average Bonchev–Trinajstić information content (AvgIpc) is 2.14. The zero-order valence-corrected chi connectivity index (χ0v) is 11.1. The highest BCUT2D eigenvalue weighted by Crippen LogP contribution is 2.42. The SMILES string of the molecule is CCCN1CC2(C1)CN(C(=O)[C@H]1C[C@H](C)C1)C2. The molecular formula is C14H24N2O. The number of rotatable bonds is 3. The first-order valence-corrected chi connectivity index (χ1v) is 7.13. The molecule has 96 valence electrons. The Hall–Kier alpha value is -0.570. The average molecular weight is 236 g/mol. The van der Waals surface area contributed by atoms with Gasteiger partial charge in [0.25, 0.3) is 0 Å². The normalized spacial score (nSPS) is 35.1. The maximum atomic E-state index is 12.1. The molecule has 0 aromatic heterocycles. The third-order valence-corrected chi connectivity index (χ3v) is 4.75. The van der Waals surface area contributed by atoms with Crippen LogP contribution in [0.5, 0.6) is 0 Å². The molecule has 3 nitrogen and oxygen atoms in total. The van der Waals surface area contributed by atoms with Crippen molar-refractivity contribution in [2.24, 2.45) is 17.3 Å². The predicted octanol–water partition coefficient (Wildman–Crippen LogP) is 1.59. The molecule has 1 aliphatic carbocycles. The Morgan fingerprint density at radius 2 is 1.88 bits per heavy atom. The molecule has 3 aliphatic rings. The summed E-state index contributed by atoms with van der Waals surface area (Å²) < 4.78 is 0. The summed E-state index contributed by atoms with van der Waals surface area (Å²) in [6.45, 7) is 10.2. The molecule has 2 aliphatic heterocycles. The second-order valence-electron chi connectivity index (χ2n) is 6.68. The van der Waals surface area contributed by atoms with Gasteiger partial charge in [-0.2, -0.15) is 0 Å². The topological polar surface area (TPSA) is 23.6 Å². The van der Waals surface area contributed by atoms with Crippen molar-refractivity contribution in [3.05, 3.63) is 0 Å². The van der Waals surface area contributed by atoms with Crippen molar-refractivity contribution in [3.63, 3.8) is 0 Å². The number of hydrogen-bond acceptors (Lipinski definition) is 2. The lowest BCUT2D eigenvalue weighted by molar-refractivity contribution is -0.166. The summed E-state index contributed by atoms with van der Waals surface area (Å²) in [5, 5.41) is 0. The van der Waals surface area contributed by atoms with Gasteiger partial charge in [0.2, 0.25) is 5.91 Å². The lowest BCUT2D eigenvalue weighted by atomic mass is 9.70. The summed E-state index contributed by atoms with van der Waals surface area (Å²) in [5.74, 6) is 1.60. The van der Waals surface area contributed by atoms with Gasteiger partial charge in [0, 0.05) is 37.5 Å². The Labute approximate surface area is 104 Å². The molecule has 0 aromatic carbocycles. The van der Waals surface area contributed by atoms with Crippen molar-refractivity contribution in [1.29, 1.82) is 0 Å². The maximum absolute atomic E-state index is 12.1. The highest BCUT2D eigenvalue weighted by Gasteiger charge is 2.53. The van der Waals surface area contributed by atoms with Crippen LogP contribution in [0.25, 0.3) is 0 Å². The number of hydrogen-bond donors (Lipinski definition) is 0. The van der Waals surface area contributed by atoms with Crippen LogP contribution in [0, 0.1) is 17.3 Å². The number of amides is 1. The van der Waals surface area contributed by atoms with Crippen LogP contribution in [0.4, 0.5) is 0 Å². The van der Waals surface area contributed by atoms with Crippen LogP contribution < -0.4 is 0 Å². The lowest BCUT2D eigenvalue weighted by Gasteiger charge is -2.61. The van der Waals surface area contributed by atoms with Crippen LogP contribution in [0.3, 0.4) is 0 Å². The molecule has 0 radical (unpaired) electrons. The van der Waals surface area contributed by atoms with E-state index in [1.165, 1.54) is 26.1 Å². The highest BCUT2D eigenvalue weighted by atomic mass is 16.2. The van der Waals surface area contributed by atoms with E-state index in [1.54, 1.807) is 0 Å². The minimum Gasteiger partial charge on any atom is -0.341 e. The largest absolute Gasteiger partial charge is 0.341 e. The smallest absolute Gasteiger partial charge is 0.225 e. The fraction of sp³-hybridized carbons (Fsp3) is 0.929. The molecule has 17 heavy (non-hydrogen) atoms. The van der Waals surface area contributed by atoms with Crippen LogP contribution >= 0.6 is 0 Å². The van der Waals surface area contributed by atoms with Gasteiger partial charge in [-0.05, 0) is 31.7 Å².